The molecule has 20 heavy (non-hydrogen) atoms. The summed E-state index contributed by atoms with van der Waals surface area (Å²) < 4.78 is 0. The number of carbonyl (C=O) groups excluding carboxylic acids is 1. The van der Waals surface area contributed by atoms with Gasteiger partial charge in [0.05, 0.1) is 16.5 Å². The first-order valence-electron chi connectivity index (χ1n) is 5.97. The Balaban J connectivity index is 1.99. The third kappa shape index (κ3) is 4.23. The summed E-state index contributed by atoms with van der Waals surface area (Å²) in [6, 6.07) is 12.9. The Morgan fingerprint density at radius 3 is 2.25 bits per heavy atom. The fourth-order valence-corrected chi connectivity index (χ4v) is 2.41. The Bertz CT molecular complexity index is 614. The van der Waals surface area contributed by atoms with Crippen molar-refractivity contribution >= 4 is 50.7 Å². The van der Waals surface area contributed by atoms with Gasteiger partial charge in [-0.25, -0.2) is 0 Å². The molecule has 0 aliphatic rings. The smallest absolute Gasteiger partial charge is 0.228 e. The molecule has 0 fully saturated rings. The zero-order chi connectivity index (χ0) is 14.5. The summed E-state index contributed by atoms with van der Waals surface area (Å²) in [6.45, 7) is 0. The molecule has 5 heteroatoms. The molecule has 104 valence electrons. The minimum atomic E-state index is -0.0880. The van der Waals surface area contributed by atoms with Crippen molar-refractivity contribution in [3.8, 4) is 0 Å². The first-order chi connectivity index (χ1) is 9.58. The van der Waals surface area contributed by atoms with Gasteiger partial charge in [-0.05, 0) is 35.4 Å². The van der Waals surface area contributed by atoms with Crippen LogP contribution in [-0.2, 0) is 16.5 Å². The summed E-state index contributed by atoms with van der Waals surface area (Å²) in [5, 5.41) is 4.59. The van der Waals surface area contributed by atoms with Gasteiger partial charge in [-0.2, -0.15) is 0 Å². The topological polar surface area (TPSA) is 29.1 Å². The highest BCUT2D eigenvalue weighted by atomic mass is 79.9. The van der Waals surface area contributed by atoms with Gasteiger partial charge in [0.2, 0.25) is 5.91 Å². The molecule has 1 N–H and O–H groups in total. The lowest BCUT2D eigenvalue weighted by atomic mass is 10.1. The van der Waals surface area contributed by atoms with Crippen molar-refractivity contribution in [3.63, 3.8) is 0 Å². The number of halogens is 3. The van der Waals surface area contributed by atoms with Crippen LogP contribution in [0.1, 0.15) is 11.1 Å². The summed E-state index contributed by atoms with van der Waals surface area (Å²) in [4.78, 5) is 11.9. The van der Waals surface area contributed by atoms with E-state index in [0.29, 0.717) is 10.0 Å². The molecule has 1 amide bonds. The molecule has 2 rings (SSSR count). The Morgan fingerprint density at radius 1 is 1.00 bits per heavy atom. The molecule has 2 aromatic rings. The number of amides is 1. The van der Waals surface area contributed by atoms with Crippen LogP contribution in [0.2, 0.25) is 10.0 Å². The molecule has 0 radical (unpaired) electrons. The van der Waals surface area contributed by atoms with E-state index in [1.165, 1.54) is 0 Å². The molecule has 2 nitrogen and oxygen atoms in total. The van der Waals surface area contributed by atoms with Crippen LogP contribution in [0.4, 0.5) is 5.69 Å². The van der Waals surface area contributed by atoms with E-state index in [4.69, 9.17) is 23.2 Å². The minimum Gasteiger partial charge on any atom is -0.326 e. The van der Waals surface area contributed by atoms with Crippen molar-refractivity contribution < 1.29 is 4.79 Å². The number of rotatable bonds is 4. The number of benzene rings is 2. The van der Waals surface area contributed by atoms with E-state index in [0.717, 1.165) is 22.1 Å². The number of anilines is 1. The van der Waals surface area contributed by atoms with E-state index < -0.39 is 0 Å². The van der Waals surface area contributed by atoms with Crippen molar-refractivity contribution in [2.75, 3.05) is 5.32 Å². The molecule has 2 aromatic carbocycles. The van der Waals surface area contributed by atoms with Gasteiger partial charge >= 0.3 is 0 Å². The van der Waals surface area contributed by atoms with Gasteiger partial charge in [0.15, 0.2) is 0 Å². The summed E-state index contributed by atoms with van der Waals surface area (Å²) >= 11 is 15.1. The summed E-state index contributed by atoms with van der Waals surface area (Å²) in [5.74, 6) is -0.0880. The second-order valence-electron chi connectivity index (χ2n) is 4.30. The molecule has 0 aliphatic heterocycles. The number of carbonyl (C=O) groups is 1. The lowest BCUT2D eigenvalue weighted by molar-refractivity contribution is -0.115. The monoisotopic (exact) mass is 371 g/mol. The first kappa shape index (κ1) is 15.4. The Labute approximate surface area is 136 Å². The predicted molar refractivity (Wildman–Crippen MR) is 87.9 cm³/mol. The molecule has 0 unspecified atom stereocenters. The predicted octanol–water partition coefficient (Wildman–Crippen LogP) is 5.07. The molecule has 0 spiro atoms. The van der Waals surface area contributed by atoms with Crippen LogP contribution in [0.3, 0.4) is 0 Å². The zero-order valence-corrected chi connectivity index (χ0v) is 13.6. The number of alkyl halides is 1. The van der Waals surface area contributed by atoms with Gasteiger partial charge < -0.3 is 5.32 Å². The number of nitrogens with one attached hydrogen (secondary N) is 1. The van der Waals surface area contributed by atoms with E-state index in [9.17, 15) is 4.79 Å². The van der Waals surface area contributed by atoms with E-state index in [1.54, 1.807) is 18.2 Å². The van der Waals surface area contributed by atoms with Crippen molar-refractivity contribution in [1.82, 2.24) is 0 Å². The molecule has 0 atom stereocenters. The average Bonchev–Trinajstić information content (AvgIpc) is 2.44. The summed E-state index contributed by atoms with van der Waals surface area (Å²) in [6.07, 6.45) is 0.261. The minimum absolute atomic E-state index is 0.0880. The van der Waals surface area contributed by atoms with Crippen molar-refractivity contribution in [2.45, 2.75) is 11.8 Å². The van der Waals surface area contributed by atoms with Gasteiger partial charge in [-0.3, -0.25) is 4.79 Å². The number of hydrogen-bond donors (Lipinski definition) is 1. The van der Waals surface area contributed by atoms with E-state index >= 15 is 0 Å². The van der Waals surface area contributed by atoms with E-state index in [-0.39, 0.29) is 12.3 Å². The van der Waals surface area contributed by atoms with Gasteiger partial charge in [-0.15, -0.1) is 0 Å². The lowest BCUT2D eigenvalue weighted by Gasteiger charge is -2.07. The van der Waals surface area contributed by atoms with Crippen LogP contribution in [0.25, 0.3) is 0 Å². The number of hydrogen-bond acceptors (Lipinski definition) is 1. The highest BCUT2D eigenvalue weighted by Gasteiger charge is 2.06. The van der Waals surface area contributed by atoms with E-state index in [2.05, 4.69) is 21.2 Å². The second-order valence-corrected chi connectivity index (χ2v) is 5.68. The third-order valence-corrected chi connectivity index (χ3v) is 4.13. The Hall–Kier alpha value is -1.03. The lowest BCUT2D eigenvalue weighted by Crippen LogP contribution is -2.14. The standard InChI is InChI=1S/C15H12BrCl2NO/c16-9-10-1-4-12(5-2-10)19-15(20)8-11-3-6-13(17)14(18)7-11/h1-7H,8-9H2,(H,19,20). The Morgan fingerprint density at radius 2 is 1.65 bits per heavy atom. The van der Waals surface area contributed by atoms with Crippen molar-refractivity contribution in [1.29, 1.82) is 0 Å². The van der Waals surface area contributed by atoms with Gasteiger partial charge in [0, 0.05) is 11.0 Å². The van der Waals surface area contributed by atoms with Crippen LogP contribution in [-0.4, -0.2) is 5.91 Å². The molecular weight excluding hydrogens is 361 g/mol. The summed E-state index contributed by atoms with van der Waals surface area (Å²) in [5.41, 5.74) is 2.77. The average molecular weight is 373 g/mol. The maximum atomic E-state index is 11.9. The SMILES string of the molecule is O=C(Cc1ccc(Cl)c(Cl)c1)Nc1ccc(CBr)cc1. The molecule has 0 aromatic heterocycles. The fraction of sp³-hybridized carbons (Fsp3) is 0.133. The molecule has 0 bridgehead atoms. The van der Waals surface area contributed by atoms with Crippen LogP contribution >= 0.6 is 39.1 Å². The highest BCUT2D eigenvalue weighted by molar-refractivity contribution is 9.08. The molecule has 0 saturated carbocycles. The zero-order valence-electron chi connectivity index (χ0n) is 10.5. The quantitative estimate of drug-likeness (QED) is 0.746. The molecule has 0 aliphatic carbocycles. The van der Waals surface area contributed by atoms with Crippen LogP contribution < -0.4 is 5.32 Å². The maximum Gasteiger partial charge on any atom is 0.228 e. The first-order valence-corrected chi connectivity index (χ1v) is 7.85. The van der Waals surface area contributed by atoms with Crippen molar-refractivity contribution in [2.24, 2.45) is 0 Å². The maximum absolute atomic E-state index is 11.9. The molecule has 0 heterocycles. The van der Waals surface area contributed by atoms with Gasteiger partial charge in [0.1, 0.15) is 0 Å². The van der Waals surface area contributed by atoms with Crippen LogP contribution in [0.5, 0.6) is 0 Å². The van der Waals surface area contributed by atoms with Crippen molar-refractivity contribution in [3.05, 3.63) is 63.6 Å². The second kappa shape index (κ2) is 7.11. The van der Waals surface area contributed by atoms with E-state index in [1.807, 2.05) is 24.3 Å². The van der Waals surface area contributed by atoms with Crippen LogP contribution in [0.15, 0.2) is 42.5 Å². The van der Waals surface area contributed by atoms with Crippen LogP contribution in [0, 0.1) is 0 Å². The third-order valence-electron chi connectivity index (χ3n) is 2.74. The Kier molecular flexibility index (Phi) is 5.46. The molecular formula is C15H12BrCl2NO. The molecule has 0 saturated heterocycles. The largest absolute Gasteiger partial charge is 0.326 e. The normalized spacial score (nSPS) is 10.3. The van der Waals surface area contributed by atoms with Gasteiger partial charge in [-0.1, -0.05) is 57.3 Å². The summed E-state index contributed by atoms with van der Waals surface area (Å²) in [7, 11) is 0. The highest BCUT2D eigenvalue weighted by Crippen LogP contribution is 2.23. The fourth-order valence-electron chi connectivity index (χ4n) is 1.72. The van der Waals surface area contributed by atoms with Gasteiger partial charge in [0.25, 0.3) is 0 Å².